The molecule has 0 radical (unpaired) electrons. The lowest BCUT2D eigenvalue weighted by atomic mass is 10.0. The number of halogens is 3. The topological polar surface area (TPSA) is 64.8 Å². The third-order valence-electron chi connectivity index (χ3n) is 4.43. The first kappa shape index (κ1) is 19.2. The van der Waals surface area contributed by atoms with E-state index in [1.165, 1.54) is 12.1 Å². The average molecular weight is 384 g/mol. The summed E-state index contributed by atoms with van der Waals surface area (Å²) < 4.78 is 51.7. The first-order chi connectivity index (χ1) is 12.7. The van der Waals surface area contributed by atoms with E-state index in [-0.39, 0.29) is 23.5 Å². The number of alkyl halides is 3. The zero-order chi connectivity index (χ0) is 19.6. The third-order valence-corrected chi connectivity index (χ3v) is 4.43. The number of ether oxygens (including phenoxy) is 2. The molecule has 1 aliphatic rings. The normalized spacial score (nSPS) is 20.1. The first-order valence-corrected chi connectivity index (χ1v) is 8.35. The van der Waals surface area contributed by atoms with Gasteiger partial charge in [0.2, 0.25) is 0 Å². The van der Waals surface area contributed by atoms with E-state index < -0.39 is 12.1 Å². The van der Waals surface area contributed by atoms with Gasteiger partial charge in [-0.15, -0.1) is 13.2 Å². The number of likely N-dealkylation sites (tertiary alicyclic amines) is 1. The molecule has 9 heteroatoms. The molecule has 2 aromatic rings. The van der Waals surface area contributed by atoms with Crippen molar-refractivity contribution < 1.29 is 32.0 Å². The van der Waals surface area contributed by atoms with Gasteiger partial charge < -0.3 is 18.9 Å². The molecule has 1 fully saturated rings. The Morgan fingerprint density at radius 2 is 2.11 bits per heavy atom. The lowest BCUT2D eigenvalue weighted by Gasteiger charge is -2.17. The Bertz CT molecular complexity index is 806. The summed E-state index contributed by atoms with van der Waals surface area (Å²) in [4.78, 5) is 14.3. The van der Waals surface area contributed by atoms with Crippen molar-refractivity contribution in [3.63, 3.8) is 0 Å². The Labute approximate surface area is 153 Å². The van der Waals surface area contributed by atoms with E-state index in [4.69, 9.17) is 9.26 Å². The SMILES string of the molecule is CO[C@H]1CN(C(=O)c2cccc(OC(F)(F)F)c2)C[C@H]1Cc1cc(C)no1. The minimum atomic E-state index is -4.81. The maximum atomic E-state index is 12.7. The van der Waals surface area contributed by atoms with Crippen LogP contribution in [-0.4, -0.2) is 48.6 Å². The lowest BCUT2D eigenvalue weighted by molar-refractivity contribution is -0.274. The fourth-order valence-electron chi connectivity index (χ4n) is 3.25. The molecule has 2 heterocycles. The predicted octanol–water partition coefficient (Wildman–Crippen LogP) is 3.21. The van der Waals surface area contributed by atoms with Gasteiger partial charge in [-0.3, -0.25) is 4.79 Å². The Morgan fingerprint density at radius 1 is 1.33 bits per heavy atom. The van der Waals surface area contributed by atoms with Gasteiger partial charge in [0.1, 0.15) is 11.5 Å². The maximum Gasteiger partial charge on any atom is 0.573 e. The predicted molar refractivity (Wildman–Crippen MR) is 88.3 cm³/mol. The van der Waals surface area contributed by atoms with Gasteiger partial charge in [0, 0.05) is 44.2 Å². The molecule has 6 nitrogen and oxygen atoms in total. The van der Waals surface area contributed by atoms with Gasteiger partial charge in [-0.25, -0.2) is 0 Å². The number of methoxy groups -OCH3 is 1. The quantitative estimate of drug-likeness (QED) is 0.792. The third kappa shape index (κ3) is 4.79. The van der Waals surface area contributed by atoms with E-state index in [2.05, 4.69) is 9.89 Å². The van der Waals surface area contributed by atoms with Gasteiger partial charge in [-0.2, -0.15) is 0 Å². The summed E-state index contributed by atoms with van der Waals surface area (Å²) >= 11 is 0. The number of carbonyl (C=O) groups excluding carboxylic acids is 1. The highest BCUT2D eigenvalue weighted by Crippen LogP contribution is 2.27. The fraction of sp³-hybridized carbons (Fsp3) is 0.444. The number of aromatic nitrogens is 1. The van der Waals surface area contributed by atoms with Crippen molar-refractivity contribution in [2.75, 3.05) is 20.2 Å². The molecule has 0 spiro atoms. The van der Waals surface area contributed by atoms with E-state index in [9.17, 15) is 18.0 Å². The van der Waals surface area contributed by atoms with Crippen LogP contribution in [0.4, 0.5) is 13.2 Å². The minimum absolute atomic E-state index is 0.000841. The number of benzene rings is 1. The molecule has 1 amide bonds. The van der Waals surface area contributed by atoms with Crippen molar-refractivity contribution in [3.05, 3.63) is 47.3 Å². The second kappa shape index (κ2) is 7.59. The number of amides is 1. The summed E-state index contributed by atoms with van der Waals surface area (Å²) in [5, 5.41) is 3.85. The molecule has 0 saturated carbocycles. The van der Waals surface area contributed by atoms with Crippen LogP contribution in [0.2, 0.25) is 0 Å². The number of carbonyl (C=O) groups is 1. The number of aryl methyl sites for hydroxylation is 1. The van der Waals surface area contributed by atoms with Crippen LogP contribution in [0.25, 0.3) is 0 Å². The summed E-state index contributed by atoms with van der Waals surface area (Å²) in [6.45, 7) is 2.57. The molecule has 2 atom stereocenters. The average Bonchev–Trinajstić information content (AvgIpc) is 3.19. The van der Waals surface area contributed by atoms with E-state index in [1.807, 2.05) is 13.0 Å². The monoisotopic (exact) mass is 384 g/mol. The molecule has 0 bridgehead atoms. The van der Waals surface area contributed by atoms with E-state index in [1.54, 1.807) is 12.0 Å². The highest BCUT2D eigenvalue weighted by atomic mass is 19.4. The molecule has 1 saturated heterocycles. The van der Waals surface area contributed by atoms with Crippen LogP contribution in [0.5, 0.6) is 5.75 Å². The standard InChI is InChI=1S/C18H19F3N2O4/c1-11-6-15(27-22-11)8-13-9-23(10-16(13)25-2)17(24)12-4-3-5-14(7-12)26-18(19,20)21/h3-7,13,16H,8-10H2,1-2H3/t13-,16+/m1/s1. The van der Waals surface area contributed by atoms with Gasteiger partial charge in [0.05, 0.1) is 11.8 Å². The summed E-state index contributed by atoms with van der Waals surface area (Å²) in [7, 11) is 1.56. The molecule has 0 aliphatic carbocycles. The number of nitrogens with zero attached hydrogens (tertiary/aromatic N) is 2. The number of hydrogen-bond acceptors (Lipinski definition) is 5. The Balaban J connectivity index is 1.71. The number of hydrogen-bond donors (Lipinski definition) is 0. The summed E-state index contributed by atoms with van der Waals surface area (Å²) in [6, 6.07) is 6.88. The molecular formula is C18H19F3N2O4. The fourth-order valence-corrected chi connectivity index (χ4v) is 3.25. The van der Waals surface area contributed by atoms with Crippen molar-refractivity contribution in [2.45, 2.75) is 25.8 Å². The zero-order valence-electron chi connectivity index (χ0n) is 14.8. The van der Waals surface area contributed by atoms with Crippen LogP contribution >= 0.6 is 0 Å². The second-order valence-electron chi connectivity index (χ2n) is 6.46. The van der Waals surface area contributed by atoms with Gasteiger partial charge in [0.15, 0.2) is 0 Å². The van der Waals surface area contributed by atoms with E-state index >= 15 is 0 Å². The maximum absolute atomic E-state index is 12.7. The molecule has 27 heavy (non-hydrogen) atoms. The molecule has 3 rings (SSSR count). The minimum Gasteiger partial charge on any atom is -0.406 e. The van der Waals surface area contributed by atoms with Crippen LogP contribution in [-0.2, 0) is 11.2 Å². The molecule has 1 aromatic carbocycles. The van der Waals surface area contributed by atoms with E-state index in [0.717, 1.165) is 17.8 Å². The zero-order valence-corrected chi connectivity index (χ0v) is 14.8. The summed E-state index contributed by atoms with van der Waals surface area (Å²) in [5.41, 5.74) is 0.897. The van der Waals surface area contributed by atoms with Gasteiger partial charge in [-0.05, 0) is 25.1 Å². The molecule has 0 unspecified atom stereocenters. The highest BCUT2D eigenvalue weighted by Gasteiger charge is 2.37. The molecule has 146 valence electrons. The molecule has 1 aromatic heterocycles. The van der Waals surface area contributed by atoms with E-state index in [0.29, 0.717) is 25.3 Å². The molecule has 0 N–H and O–H groups in total. The van der Waals surface area contributed by atoms with Crippen molar-refractivity contribution in [3.8, 4) is 5.75 Å². The largest absolute Gasteiger partial charge is 0.573 e. The van der Waals surface area contributed by atoms with Crippen molar-refractivity contribution in [1.29, 1.82) is 0 Å². The first-order valence-electron chi connectivity index (χ1n) is 8.35. The summed E-state index contributed by atoms with van der Waals surface area (Å²) in [5.74, 6) is -0.0965. The van der Waals surface area contributed by atoms with Crippen LogP contribution < -0.4 is 4.74 Å². The van der Waals surface area contributed by atoms with Gasteiger partial charge in [0.25, 0.3) is 5.91 Å². The molecule has 1 aliphatic heterocycles. The van der Waals surface area contributed by atoms with Gasteiger partial charge >= 0.3 is 6.36 Å². The Hall–Kier alpha value is -2.55. The van der Waals surface area contributed by atoms with Crippen molar-refractivity contribution in [2.24, 2.45) is 5.92 Å². The number of rotatable bonds is 5. The van der Waals surface area contributed by atoms with Crippen LogP contribution in [0.15, 0.2) is 34.9 Å². The van der Waals surface area contributed by atoms with Crippen molar-refractivity contribution in [1.82, 2.24) is 10.1 Å². The smallest absolute Gasteiger partial charge is 0.406 e. The molecular weight excluding hydrogens is 365 g/mol. The Kier molecular flexibility index (Phi) is 5.41. The van der Waals surface area contributed by atoms with Crippen LogP contribution in [0.1, 0.15) is 21.8 Å². The highest BCUT2D eigenvalue weighted by molar-refractivity contribution is 5.94. The lowest BCUT2D eigenvalue weighted by Crippen LogP contribution is -2.30. The van der Waals surface area contributed by atoms with Crippen LogP contribution in [0.3, 0.4) is 0 Å². The Morgan fingerprint density at radius 3 is 2.74 bits per heavy atom. The second-order valence-corrected chi connectivity index (χ2v) is 6.46. The summed E-state index contributed by atoms with van der Waals surface area (Å²) in [6.07, 6.45) is -4.45. The van der Waals surface area contributed by atoms with Gasteiger partial charge in [-0.1, -0.05) is 11.2 Å². The van der Waals surface area contributed by atoms with Crippen LogP contribution in [0, 0.1) is 12.8 Å². The van der Waals surface area contributed by atoms with Crippen molar-refractivity contribution >= 4 is 5.91 Å².